The van der Waals surface area contributed by atoms with Crippen LogP contribution in [0.5, 0.6) is 0 Å². The largest absolute Gasteiger partial charge is 0.307 e. The Balaban J connectivity index is 1.60. The molecule has 1 saturated carbocycles. The van der Waals surface area contributed by atoms with Gasteiger partial charge in [-0.25, -0.2) is 16.3 Å². The van der Waals surface area contributed by atoms with Crippen molar-refractivity contribution in [3.05, 3.63) is 60.2 Å². The normalized spacial score (nSPS) is 19.0. The van der Waals surface area contributed by atoms with Crippen molar-refractivity contribution in [1.29, 1.82) is 0 Å². The van der Waals surface area contributed by atoms with Gasteiger partial charge in [0.05, 0.1) is 11.4 Å². The fourth-order valence-electron chi connectivity index (χ4n) is 4.27. The summed E-state index contributed by atoms with van der Waals surface area (Å²) in [7, 11) is 0. The summed E-state index contributed by atoms with van der Waals surface area (Å²) in [6, 6.07) is 18.6. The van der Waals surface area contributed by atoms with E-state index in [9.17, 15) is 0 Å². The number of nitrogens with two attached hydrogens (primary N) is 1. The molecule has 4 N–H and O–H groups in total. The molecular weight excluding hydrogens is 334 g/mol. The SMILES string of the molecule is NN1c2ccccc2N=C(NNCc2ccccc2)C12CCCCCCC2. The van der Waals surface area contributed by atoms with E-state index in [4.69, 9.17) is 10.8 Å². The highest BCUT2D eigenvalue weighted by atomic mass is 15.5. The van der Waals surface area contributed by atoms with E-state index in [1.165, 1.54) is 37.7 Å². The number of nitrogens with one attached hydrogen (secondary N) is 2. The van der Waals surface area contributed by atoms with Gasteiger partial charge in [0, 0.05) is 6.54 Å². The summed E-state index contributed by atoms with van der Waals surface area (Å²) >= 11 is 0. The summed E-state index contributed by atoms with van der Waals surface area (Å²) in [5.74, 6) is 7.68. The van der Waals surface area contributed by atoms with Gasteiger partial charge in [0.1, 0.15) is 11.4 Å². The van der Waals surface area contributed by atoms with Gasteiger partial charge in [-0.1, -0.05) is 74.6 Å². The lowest BCUT2D eigenvalue weighted by Crippen LogP contribution is -2.65. The highest BCUT2D eigenvalue weighted by Crippen LogP contribution is 2.42. The van der Waals surface area contributed by atoms with Crippen LogP contribution in [-0.4, -0.2) is 11.4 Å². The third-order valence-corrected chi connectivity index (χ3v) is 5.80. The van der Waals surface area contributed by atoms with Crippen LogP contribution in [0.4, 0.5) is 11.4 Å². The van der Waals surface area contributed by atoms with E-state index in [1.54, 1.807) is 0 Å². The van der Waals surface area contributed by atoms with Crippen LogP contribution in [-0.2, 0) is 6.54 Å². The standard InChI is InChI=1S/C22H29N5/c23-27-20-14-8-7-13-19(20)25-21(22(27)15-9-2-1-3-10-16-22)26-24-17-18-11-5-4-6-12-18/h4-8,11-14,24H,1-3,9-10,15-17,23H2,(H,25,26). The van der Waals surface area contributed by atoms with Crippen molar-refractivity contribution in [3.63, 3.8) is 0 Å². The van der Waals surface area contributed by atoms with Gasteiger partial charge in [-0.15, -0.1) is 0 Å². The average Bonchev–Trinajstić information content (AvgIpc) is 2.68. The van der Waals surface area contributed by atoms with Crippen LogP contribution in [0.25, 0.3) is 0 Å². The highest BCUT2D eigenvalue weighted by Gasteiger charge is 2.44. The molecule has 1 spiro atoms. The third-order valence-electron chi connectivity index (χ3n) is 5.80. The Kier molecular flexibility index (Phi) is 5.41. The molecule has 2 aromatic carbocycles. The minimum atomic E-state index is -0.265. The molecule has 5 heteroatoms. The number of hydrazine groups is 2. The number of aliphatic imine (C=N–C) groups is 1. The average molecular weight is 364 g/mol. The van der Waals surface area contributed by atoms with Gasteiger partial charge >= 0.3 is 0 Å². The van der Waals surface area contributed by atoms with E-state index in [1.807, 2.05) is 29.3 Å². The van der Waals surface area contributed by atoms with Crippen LogP contribution in [0.1, 0.15) is 50.5 Å². The van der Waals surface area contributed by atoms with Crippen LogP contribution in [0, 0.1) is 0 Å². The monoisotopic (exact) mass is 363 g/mol. The van der Waals surface area contributed by atoms with Gasteiger partial charge in [-0.2, -0.15) is 0 Å². The zero-order valence-corrected chi connectivity index (χ0v) is 15.8. The molecule has 0 unspecified atom stereocenters. The van der Waals surface area contributed by atoms with E-state index in [0.717, 1.165) is 36.6 Å². The fourth-order valence-corrected chi connectivity index (χ4v) is 4.27. The number of hydrogen-bond donors (Lipinski definition) is 3. The van der Waals surface area contributed by atoms with Crippen LogP contribution in [0.2, 0.25) is 0 Å². The Morgan fingerprint density at radius 2 is 1.56 bits per heavy atom. The number of fused-ring (bicyclic) bond motifs is 1. The number of para-hydroxylation sites is 2. The zero-order valence-electron chi connectivity index (χ0n) is 15.8. The van der Waals surface area contributed by atoms with Crippen LogP contribution < -0.4 is 21.7 Å². The van der Waals surface area contributed by atoms with Crippen LogP contribution in [0.3, 0.4) is 0 Å². The Bertz CT molecular complexity index is 778. The topological polar surface area (TPSA) is 65.7 Å². The van der Waals surface area contributed by atoms with Gasteiger partial charge in [-0.05, 0) is 30.5 Å². The number of amidine groups is 1. The number of nitrogens with zero attached hydrogens (tertiary/aromatic N) is 2. The van der Waals surface area contributed by atoms with Gasteiger partial charge in [0.25, 0.3) is 0 Å². The number of hydrogen-bond acceptors (Lipinski definition) is 5. The first-order valence-corrected chi connectivity index (χ1v) is 10.1. The van der Waals surface area contributed by atoms with Crippen LogP contribution >= 0.6 is 0 Å². The molecule has 27 heavy (non-hydrogen) atoms. The van der Waals surface area contributed by atoms with Crippen molar-refractivity contribution in [2.45, 2.75) is 57.0 Å². The summed E-state index contributed by atoms with van der Waals surface area (Å²) in [6.07, 6.45) is 8.26. The second-order valence-corrected chi connectivity index (χ2v) is 7.58. The molecule has 0 saturated heterocycles. The van der Waals surface area contributed by atoms with E-state index < -0.39 is 0 Å². The van der Waals surface area contributed by atoms with Crippen molar-refractivity contribution < 1.29 is 0 Å². The minimum absolute atomic E-state index is 0.265. The summed E-state index contributed by atoms with van der Waals surface area (Å²) in [5.41, 5.74) is 9.71. The predicted octanol–water partition coefficient (Wildman–Crippen LogP) is 4.19. The summed E-state index contributed by atoms with van der Waals surface area (Å²) < 4.78 is 0. The van der Waals surface area contributed by atoms with E-state index in [2.05, 4.69) is 41.2 Å². The van der Waals surface area contributed by atoms with Gasteiger partial charge in [0.15, 0.2) is 0 Å². The Hall–Kier alpha value is -2.37. The Morgan fingerprint density at radius 1 is 0.889 bits per heavy atom. The van der Waals surface area contributed by atoms with Crippen molar-refractivity contribution >= 4 is 17.2 Å². The Morgan fingerprint density at radius 3 is 2.33 bits per heavy atom. The molecule has 1 fully saturated rings. The molecule has 0 atom stereocenters. The van der Waals surface area contributed by atoms with E-state index >= 15 is 0 Å². The molecule has 0 radical (unpaired) electrons. The smallest absolute Gasteiger partial charge is 0.144 e. The summed E-state index contributed by atoms with van der Waals surface area (Å²) in [4.78, 5) is 5.00. The van der Waals surface area contributed by atoms with E-state index in [-0.39, 0.29) is 5.54 Å². The first-order valence-electron chi connectivity index (χ1n) is 10.1. The lowest BCUT2D eigenvalue weighted by Gasteiger charge is -2.47. The van der Waals surface area contributed by atoms with Gasteiger partial charge in [-0.3, -0.25) is 5.01 Å². The fraction of sp³-hybridized carbons (Fsp3) is 0.409. The molecule has 1 aliphatic carbocycles. The molecule has 1 aliphatic heterocycles. The maximum atomic E-state index is 6.73. The third kappa shape index (κ3) is 3.70. The van der Waals surface area contributed by atoms with Crippen molar-refractivity contribution in [1.82, 2.24) is 10.9 Å². The Labute approximate surface area is 161 Å². The predicted molar refractivity (Wildman–Crippen MR) is 112 cm³/mol. The van der Waals surface area contributed by atoms with Crippen molar-refractivity contribution in [3.8, 4) is 0 Å². The van der Waals surface area contributed by atoms with E-state index in [0.29, 0.717) is 0 Å². The molecule has 142 valence electrons. The van der Waals surface area contributed by atoms with Gasteiger partial charge < -0.3 is 5.43 Å². The lowest BCUT2D eigenvalue weighted by molar-refractivity contribution is 0.362. The second kappa shape index (κ2) is 8.11. The second-order valence-electron chi connectivity index (χ2n) is 7.58. The maximum absolute atomic E-state index is 6.73. The highest BCUT2D eigenvalue weighted by molar-refractivity contribution is 6.00. The molecule has 1 heterocycles. The molecule has 0 aromatic heterocycles. The zero-order chi connectivity index (χ0) is 18.5. The first kappa shape index (κ1) is 18.0. The summed E-state index contributed by atoms with van der Waals surface area (Å²) in [5, 5.41) is 1.98. The van der Waals surface area contributed by atoms with Crippen LogP contribution in [0.15, 0.2) is 59.6 Å². The molecule has 2 aliphatic rings. The molecule has 0 bridgehead atoms. The molecular formula is C22H29N5. The minimum Gasteiger partial charge on any atom is -0.307 e. The first-order chi connectivity index (χ1) is 13.3. The van der Waals surface area contributed by atoms with Crippen molar-refractivity contribution in [2.24, 2.45) is 10.8 Å². The molecule has 5 nitrogen and oxygen atoms in total. The van der Waals surface area contributed by atoms with Crippen molar-refractivity contribution in [2.75, 3.05) is 5.01 Å². The number of rotatable bonds is 3. The lowest BCUT2D eigenvalue weighted by atomic mass is 9.81. The molecule has 0 amide bonds. The van der Waals surface area contributed by atoms with Gasteiger partial charge in [0.2, 0.25) is 0 Å². The quantitative estimate of drug-likeness (QED) is 0.565. The molecule has 4 rings (SSSR count). The maximum Gasteiger partial charge on any atom is 0.144 e. The molecule has 2 aromatic rings. The summed E-state index contributed by atoms with van der Waals surface area (Å²) in [6.45, 7) is 0.738. The number of benzene rings is 2. The number of anilines is 1.